The van der Waals surface area contributed by atoms with E-state index in [0.717, 1.165) is 12.0 Å². The number of aromatic nitrogens is 2. The van der Waals surface area contributed by atoms with Crippen molar-refractivity contribution in [1.29, 1.82) is 0 Å². The molecule has 0 aliphatic carbocycles. The summed E-state index contributed by atoms with van der Waals surface area (Å²) in [6.07, 6.45) is 3.34. The van der Waals surface area contributed by atoms with Crippen molar-refractivity contribution >= 4 is 5.97 Å². The van der Waals surface area contributed by atoms with Gasteiger partial charge in [0.15, 0.2) is 0 Å². The SMILES string of the molecule is O=C(O)c1cncnc1CNCCc1ccc(F)cc1. The van der Waals surface area contributed by atoms with E-state index in [-0.39, 0.29) is 11.4 Å². The summed E-state index contributed by atoms with van der Waals surface area (Å²) in [4.78, 5) is 18.6. The topological polar surface area (TPSA) is 75.1 Å². The summed E-state index contributed by atoms with van der Waals surface area (Å²) in [7, 11) is 0. The van der Waals surface area contributed by atoms with E-state index in [9.17, 15) is 9.18 Å². The third-order valence-electron chi connectivity index (χ3n) is 2.82. The van der Waals surface area contributed by atoms with Gasteiger partial charge in [0.2, 0.25) is 0 Å². The van der Waals surface area contributed by atoms with Crippen molar-refractivity contribution in [2.24, 2.45) is 0 Å². The van der Waals surface area contributed by atoms with Crippen molar-refractivity contribution in [3.05, 3.63) is 59.4 Å². The fraction of sp³-hybridized carbons (Fsp3) is 0.214. The van der Waals surface area contributed by atoms with Gasteiger partial charge in [-0.3, -0.25) is 0 Å². The van der Waals surface area contributed by atoms with Crippen molar-refractivity contribution in [1.82, 2.24) is 15.3 Å². The van der Waals surface area contributed by atoms with Crippen molar-refractivity contribution in [3.8, 4) is 0 Å². The maximum atomic E-state index is 12.7. The third kappa shape index (κ3) is 3.83. The molecule has 0 amide bonds. The molecule has 1 aromatic heterocycles. The molecule has 0 spiro atoms. The second kappa shape index (κ2) is 6.72. The van der Waals surface area contributed by atoms with E-state index < -0.39 is 5.97 Å². The number of nitrogens with zero attached hydrogens (tertiary/aromatic N) is 2. The number of hydrogen-bond donors (Lipinski definition) is 2. The van der Waals surface area contributed by atoms with Crippen molar-refractivity contribution in [2.75, 3.05) is 6.54 Å². The molecule has 104 valence electrons. The minimum absolute atomic E-state index is 0.0989. The predicted octanol–water partition coefficient (Wildman–Crippen LogP) is 1.65. The highest BCUT2D eigenvalue weighted by Crippen LogP contribution is 2.05. The van der Waals surface area contributed by atoms with Crippen LogP contribution >= 0.6 is 0 Å². The van der Waals surface area contributed by atoms with E-state index in [1.165, 1.54) is 24.7 Å². The molecule has 0 aliphatic heterocycles. The minimum atomic E-state index is -1.04. The fourth-order valence-electron chi connectivity index (χ4n) is 1.77. The van der Waals surface area contributed by atoms with E-state index in [1.54, 1.807) is 12.1 Å². The van der Waals surface area contributed by atoms with Crippen molar-refractivity contribution in [3.63, 3.8) is 0 Å². The average Bonchev–Trinajstić information content (AvgIpc) is 2.46. The van der Waals surface area contributed by atoms with E-state index in [1.807, 2.05) is 0 Å². The summed E-state index contributed by atoms with van der Waals surface area (Å²) in [5.41, 5.74) is 1.56. The Balaban J connectivity index is 1.84. The Labute approximate surface area is 115 Å². The van der Waals surface area contributed by atoms with Crippen LogP contribution in [0.25, 0.3) is 0 Å². The largest absolute Gasteiger partial charge is 0.478 e. The first kappa shape index (κ1) is 14.1. The van der Waals surface area contributed by atoms with Gasteiger partial charge in [-0.2, -0.15) is 0 Å². The summed E-state index contributed by atoms with van der Waals surface area (Å²) in [5, 5.41) is 12.1. The van der Waals surface area contributed by atoms with Crippen LogP contribution < -0.4 is 5.32 Å². The first-order valence-corrected chi connectivity index (χ1v) is 6.14. The van der Waals surface area contributed by atoms with Crippen LogP contribution in [0.4, 0.5) is 4.39 Å². The first-order chi connectivity index (χ1) is 9.66. The van der Waals surface area contributed by atoms with Gasteiger partial charge in [0.25, 0.3) is 0 Å². The van der Waals surface area contributed by atoms with Gasteiger partial charge in [0.1, 0.15) is 17.7 Å². The Morgan fingerprint density at radius 1 is 1.30 bits per heavy atom. The quantitative estimate of drug-likeness (QED) is 0.784. The van der Waals surface area contributed by atoms with Crippen LogP contribution in [0.3, 0.4) is 0 Å². The number of nitrogens with one attached hydrogen (secondary N) is 1. The molecule has 6 heteroatoms. The zero-order valence-corrected chi connectivity index (χ0v) is 10.7. The summed E-state index contributed by atoms with van der Waals surface area (Å²) < 4.78 is 12.7. The van der Waals surface area contributed by atoms with E-state index in [4.69, 9.17) is 5.11 Å². The number of carboxylic acid groups (broad SMARTS) is 1. The molecule has 0 atom stereocenters. The number of aromatic carboxylic acids is 1. The van der Waals surface area contributed by atoms with Crippen molar-refractivity contribution < 1.29 is 14.3 Å². The Kier molecular flexibility index (Phi) is 4.73. The molecular formula is C14H14FN3O2. The van der Waals surface area contributed by atoms with Gasteiger partial charge in [-0.1, -0.05) is 12.1 Å². The van der Waals surface area contributed by atoms with Crippen LogP contribution in [0.1, 0.15) is 21.6 Å². The van der Waals surface area contributed by atoms with Gasteiger partial charge in [-0.05, 0) is 30.7 Å². The molecule has 0 fully saturated rings. The number of carbonyl (C=O) groups is 1. The zero-order chi connectivity index (χ0) is 14.4. The number of benzene rings is 1. The number of hydrogen-bond acceptors (Lipinski definition) is 4. The Hall–Kier alpha value is -2.34. The Bertz CT molecular complexity index is 587. The number of carboxylic acids is 1. The molecule has 0 saturated carbocycles. The van der Waals surface area contributed by atoms with Gasteiger partial charge in [-0.25, -0.2) is 19.2 Å². The Morgan fingerprint density at radius 3 is 2.75 bits per heavy atom. The van der Waals surface area contributed by atoms with Crippen LogP contribution in [-0.2, 0) is 13.0 Å². The summed E-state index contributed by atoms with van der Waals surface area (Å²) in [6.45, 7) is 1.00. The van der Waals surface area contributed by atoms with Crippen LogP contribution in [0.2, 0.25) is 0 Å². The Morgan fingerprint density at radius 2 is 2.05 bits per heavy atom. The molecule has 0 aliphatic rings. The lowest BCUT2D eigenvalue weighted by atomic mass is 10.1. The normalized spacial score (nSPS) is 10.4. The molecule has 2 rings (SSSR count). The smallest absolute Gasteiger partial charge is 0.339 e. The van der Waals surface area contributed by atoms with Crippen LogP contribution in [-0.4, -0.2) is 27.6 Å². The maximum absolute atomic E-state index is 12.7. The van der Waals surface area contributed by atoms with Gasteiger partial charge < -0.3 is 10.4 Å². The summed E-state index contributed by atoms with van der Waals surface area (Å²) >= 11 is 0. The molecule has 0 bridgehead atoms. The fourth-order valence-corrected chi connectivity index (χ4v) is 1.77. The predicted molar refractivity (Wildman–Crippen MR) is 70.8 cm³/mol. The van der Waals surface area contributed by atoms with Crippen LogP contribution in [0.15, 0.2) is 36.8 Å². The molecular weight excluding hydrogens is 261 g/mol. The summed E-state index contributed by atoms with van der Waals surface area (Å²) in [5.74, 6) is -1.30. The molecule has 0 saturated heterocycles. The lowest BCUT2D eigenvalue weighted by molar-refractivity contribution is 0.0694. The molecule has 0 radical (unpaired) electrons. The highest BCUT2D eigenvalue weighted by Gasteiger charge is 2.10. The lowest BCUT2D eigenvalue weighted by Gasteiger charge is -2.06. The standard InChI is InChI=1S/C14H14FN3O2/c15-11-3-1-10(2-4-11)5-6-16-8-13-12(14(19)20)7-17-9-18-13/h1-4,7,9,16H,5-6,8H2,(H,19,20). The van der Waals surface area contributed by atoms with E-state index in [0.29, 0.717) is 18.8 Å². The van der Waals surface area contributed by atoms with Crippen LogP contribution in [0, 0.1) is 5.82 Å². The van der Waals surface area contributed by atoms with Crippen LogP contribution in [0.5, 0.6) is 0 Å². The monoisotopic (exact) mass is 275 g/mol. The summed E-state index contributed by atoms with van der Waals surface area (Å²) in [6, 6.07) is 6.29. The maximum Gasteiger partial charge on any atom is 0.339 e. The molecule has 0 unspecified atom stereocenters. The van der Waals surface area contributed by atoms with E-state index in [2.05, 4.69) is 15.3 Å². The van der Waals surface area contributed by atoms with Crippen molar-refractivity contribution in [2.45, 2.75) is 13.0 Å². The minimum Gasteiger partial charge on any atom is -0.478 e. The molecule has 2 aromatic rings. The molecule has 2 N–H and O–H groups in total. The number of rotatable bonds is 6. The first-order valence-electron chi connectivity index (χ1n) is 6.14. The molecule has 1 aromatic carbocycles. The average molecular weight is 275 g/mol. The van der Waals surface area contributed by atoms with Gasteiger partial charge in [0, 0.05) is 12.7 Å². The lowest BCUT2D eigenvalue weighted by Crippen LogP contribution is -2.19. The second-order valence-electron chi connectivity index (χ2n) is 4.24. The number of halogens is 1. The second-order valence-corrected chi connectivity index (χ2v) is 4.24. The molecule has 5 nitrogen and oxygen atoms in total. The molecule has 1 heterocycles. The van der Waals surface area contributed by atoms with E-state index >= 15 is 0 Å². The highest BCUT2D eigenvalue weighted by molar-refractivity contribution is 5.88. The third-order valence-corrected chi connectivity index (χ3v) is 2.82. The highest BCUT2D eigenvalue weighted by atomic mass is 19.1. The molecule has 20 heavy (non-hydrogen) atoms. The van der Waals surface area contributed by atoms with Gasteiger partial charge >= 0.3 is 5.97 Å². The zero-order valence-electron chi connectivity index (χ0n) is 10.7. The van der Waals surface area contributed by atoms with Gasteiger partial charge in [-0.15, -0.1) is 0 Å². The van der Waals surface area contributed by atoms with Gasteiger partial charge in [0.05, 0.1) is 5.69 Å².